The second kappa shape index (κ2) is 8.97. The maximum absolute atomic E-state index is 5.65. The molecule has 0 atom stereocenters. The van der Waals surface area contributed by atoms with Crippen LogP contribution in [0.25, 0.3) is 0 Å². The van der Waals surface area contributed by atoms with Gasteiger partial charge in [-0.3, -0.25) is 5.43 Å². The van der Waals surface area contributed by atoms with Gasteiger partial charge >= 0.3 is 0 Å². The van der Waals surface area contributed by atoms with E-state index in [-0.39, 0.29) is 6.10 Å². The molecule has 1 rings (SSSR count). The van der Waals surface area contributed by atoms with Crippen LogP contribution in [-0.2, 0) is 0 Å². The molecule has 1 aromatic rings. The van der Waals surface area contributed by atoms with Crippen molar-refractivity contribution in [1.29, 1.82) is 0 Å². The van der Waals surface area contributed by atoms with Gasteiger partial charge in [-0.05, 0) is 49.8 Å². The van der Waals surface area contributed by atoms with E-state index < -0.39 is 0 Å². The summed E-state index contributed by atoms with van der Waals surface area (Å²) < 4.78 is 11.0. The Morgan fingerprint density at radius 3 is 2.81 bits per heavy atom. The highest BCUT2D eigenvalue weighted by Gasteiger charge is 2.06. The Kier molecular flexibility index (Phi) is 7.25. The highest BCUT2D eigenvalue weighted by Crippen LogP contribution is 2.28. The number of thiocarbonyl (C=S) groups is 1. The monoisotopic (exact) mass is 307 g/mol. The quantitative estimate of drug-likeness (QED) is 0.351. The van der Waals surface area contributed by atoms with Crippen molar-refractivity contribution in [3.63, 3.8) is 0 Å². The molecular weight excluding hydrogens is 286 g/mol. The van der Waals surface area contributed by atoms with E-state index in [1.165, 1.54) is 0 Å². The van der Waals surface area contributed by atoms with Crippen molar-refractivity contribution in [3.05, 3.63) is 36.4 Å². The van der Waals surface area contributed by atoms with E-state index in [0.717, 1.165) is 5.56 Å². The van der Waals surface area contributed by atoms with Crippen molar-refractivity contribution in [1.82, 2.24) is 10.7 Å². The topological polar surface area (TPSA) is 54.9 Å². The Balaban J connectivity index is 2.67. The van der Waals surface area contributed by atoms with E-state index in [1.807, 2.05) is 32.0 Å². The molecule has 6 heteroatoms. The molecule has 0 saturated heterocycles. The third-order valence-corrected chi connectivity index (χ3v) is 2.57. The number of methoxy groups -OCH3 is 1. The molecule has 0 bridgehead atoms. The van der Waals surface area contributed by atoms with Gasteiger partial charge in [0.15, 0.2) is 16.6 Å². The van der Waals surface area contributed by atoms with Gasteiger partial charge < -0.3 is 14.8 Å². The van der Waals surface area contributed by atoms with Crippen molar-refractivity contribution in [2.24, 2.45) is 5.10 Å². The molecule has 0 radical (unpaired) electrons. The number of rotatable bonds is 7. The van der Waals surface area contributed by atoms with Gasteiger partial charge in [-0.15, -0.1) is 6.58 Å². The van der Waals surface area contributed by atoms with Crippen LogP contribution in [0, 0.1) is 0 Å². The van der Waals surface area contributed by atoms with Crippen LogP contribution in [0.4, 0.5) is 0 Å². The van der Waals surface area contributed by atoms with Gasteiger partial charge in [0.1, 0.15) is 0 Å². The van der Waals surface area contributed by atoms with Crippen molar-refractivity contribution < 1.29 is 9.47 Å². The van der Waals surface area contributed by atoms with Gasteiger partial charge in [-0.2, -0.15) is 5.10 Å². The van der Waals surface area contributed by atoms with Gasteiger partial charge in [0.2, 0.25) is 0 Å². The Morgan fingerprint density at radius 1 is 1.43 bits per heavy atom. The first-order valence-corrected chi connectivity index (χ1v) is 7.00. The zero-order valence-corrected chi connectivity index (χ0v) is 13.4. The van der Waals surface area contributed by atoms with Gasteiger partial charge in [-0.25, -0.2) is 0 Å². The first kappa shape index (κ1) is 17.0. The molecule has 2 N–H and O–H groups in total. The van der Waals surface area contributed by atoms with Crippen LogP contribution in [0.3, 0.4) is 0 Å². The van der Waals surface area contributed by atoms with E-state index in [0.29, 0.717) is 23.2 Å². The summed E-state index contributed by atoms with van der Waals surface area (Å²) in [5.41, 5.74) is 3.60. The maximum Gasteiger partial charge on any atom is 0.187 e. The fraction of sp³-hybridized carbons (Fsp3) is 0.333. The summed E-state index contributed by atoms with van der Waals surface area (Å²) in [5, 5.41) is 7.41. The largest absolute Gasteiger partial charge is 0.493 e. The SMILES string of the molecule is C=CCNC(=S)NN=Cc1ccc(OC(C)C)c(OC)c1. The van der Waals surface area contributed by atoms with Crippen LogP contribution in [-0.4, -0.2) is 31.1 Å². The van der Waals surface area contributed by atoms with E-state index in [1.54, 1.807) is 19.4 Å². The van der Waals surface area contributed by atoms with Crippen LogP contribution in [0.1, 0.15) is 19.4 Å². The zero-order chi connectivity index (χ0) is 15.7. The summed E-state index contributed by atoms with van der Waals surface area (Å²) >= 11 is 5.02. The minimum absolute atomic E-state index is 0.0911. The summed E-state index contributed by atoms with van der Waals surface area (Å²) in [6, 6.07) is 5.60. The molecule has 0 spiro atoms. The van der Waals surface area contributed by atoms with E-state index in [2.05, 4.69) is 22.4 Å². The van der Waals surface area contributed by atoms with Crippen LogP contribution >= 0.6 is 12.2 Å². The van der Waals surface area contributed by atoms with Crippen molar-refractivity contribution in [3.8, 4) is 11.5 Å². The van der Waals surface area contributed by atoms with Gasteiger partial charge in [-0.1, -0.05) is 6.08 Å². The normalized spacial score (nSPS) is 10.5. The number of nitrogens with zero attached hydrogens (tertiary/aromatic N) is 1. The zero-order valence-electron chi connectivity index (χ0n) is 12.6. The molecule has 21 heavy (non-hydrogen) atoms. The van der Waals surface area contributed by atoms with Gasteiger partial charge in [0.25, 0.3) is 0 Å². The van der Waals surface area contributed by atoms with Crippen LogP contribution in [0.5, 0.6) is 11.5 Å². The molecule has 114 valence electrons. The predicted molar refractivity (Wildman–Crippen MR) is 90.3 cm³/mol. The molecule has 1 aromatic carbocycles. The fourth-order valence-corrected chi connectivity index (χ4v) is 1.62. The summed E-state index contributed by atoms with van der Waals surface area (Å²) in [4.78, 5) is 0. The van der Waals surface area contributed by atoms with Gasteiger partial charge in [0, 0.05) is 6.54 Å². The Morgan fingerprint density at radius 2 is 2.19 bits per heavy atom. The highest BCUT2D eigenvalue weighted by molar-refractivity contribution is 7.80. The molecule has 0 aliphatic carbocycles. The fourth-order valence-electron chi connectivity index (χ4n) is 1.49. The number of hydrogen-bond acceptors (Lipinski definition) is 4. The lowest BCUT2D eigenvalue weighted by Crippen LogP contribution is -2.31. The predicted octanol–water partition coefficient (Wildman–Crippen LogP) is 2.47. The Hall–Kier alpha value is -2.08. The van der Waals surface area contributed by atoms with E-state index in [9.17, 15) is 0 Å². The minimum atomic E-state index is 0.0911. The number of benzene rings is 1. The summed E-state index contributed by atoms with van der Waals surface area (Å²) in [7, 11) is 1.61. The van der Waals surface area contributed by atoms with Crippen LogP contribution in [0.15, 0.2) is 36.0 Å². The standard InChI is InChI=1S/C15H21N3O2S/c1-5-8-16-15(21)18-17-10-12-6-7-13(20-11(2)3)14(9-12)19-4/h5-7,9-11H,1,8H2,2-4H3,(H2,16,18,21). The maximum atomic E-state index is 5.65. The van der Waals surface area contributed by atoms with Crippen molar-refractivity contribution in [2.45, 2.75) is 20.0 Å². The summed E-state index contributed by atoms with van der Waals surface area (Å²) in [6.07, 6.45) is 3.47. The molecular formula is C15H21N3O2S. The first-order valence-electron chi connectivity index (χ1n) is 6.59. The lowest BCUT2D eigenvalue weighted by Gasteiger charge is -2.13. The highest BCUT2D eigenvalue weighted by atomic mass is 32.1. The Bertz CT molecular complexity index is 516. The van der Waals surface area contributed by atoms with Crippen molar-refractivity contribution >= 4 is 23.5 Å². The second-order valence-corrected chi connectivity index (χ2v) is 4.85. The molecule has 0 heterocycles. The van der Waals surface area contributed by atoms with E-state index in [4.69, 9.17) is 21.7 Å². The first-order chi connectivity index (χ1) is 10.1. The van der Waals surface area contributed by atoms with Crippen molar-refractivity contribution in [2.75, 3.05) is 13.7 Å². The second-order valence-electron chi connectivity index (χ2n) is 4.45. The average molecular weight is 307 g/mol. The van der Waals surface area contributed by atoms with E-state index >= 15 is 0 Å². The molecule has 5 nitrogen and oxygen atoms in total. The molecule has 0 amide bonds. The smallest absolute Gasteiger partial charge is 0.187 e. The van der Waals surface area contributed by atoms with Crippen LogP contribution in [0.2, 0.25) is 0 Å². The summed E-state index contributed by atoms with van der Waals surface area (Å²) in [5.74, 6) is 1.38. The third-order valence-electron chi connectivity index (χ3n) is 2.34. The molecule has 0 aliphatic rings. The average Bonchev–Trinajstić information content (AvgIpc) is 2.46. The Labute approximate surface area is 131 Å². The number of hydrogen-bond donors (Lipinski definition) is 2. The molecule has 0 unspecified atom stereocenters. The summed E-state index contributed by atoms with van der Waals surface area (Å²) in [6.45, 7) is 8.12. The molecule has 0 fully saturated rings. The molecule has 0 aromatic heterocycles. The molecule has 0 aliphatic heterocycles. The lowest BCUT2D eigenvalue weighted by atomic mass is 10.2. The van der Waals surface area contributed by atoms with Crippen LogP contribution < -0.4 is 20.2 Å². The lowest BCUT2D eigenvalue weighted by molar-refractivity contribution is 0.230. The third kappa shape index (κ3) is 6.27. The number of hydrazone groups is 1. The number of ether oxygens (including phenoxy) is 2. The minimum Gasteiger partial charge on any atom is -0.493 e. The van der Waals surface area contributed by atoms with Gasteiger partial charge in [0.05, 0.1) is 19.4 Å². The molecule has 0 saturated carbocycles. The number of nitrogens with one attached hydrogen (secondary N) is 2.